The molecule has 1 amide bonds. The first kappa shape index (κ1) is 18.5. The van der Waals surface area contributed by atoms with Crippen LogP contribution in [0.15, 0.2) is 55.1 Å². The fourth-order valence-corrected chi connectivity index (χ4v) is 3.96. The zero-order valence-corrected chi connectivity index (χ0v) is 16.4. The minimum atomic E-state index is -0.234. The number of hydrogen-bond acceptors (Lipinski definition) is 6. The van der Waals surface area contributed by atoms with E-state index in [1.54, 1.807) is 23.0 Å². The Labute approximate surface area is 173 Å². The van der Waals surface area contributed by atoms with Gasteiger partial charge in [0.05, 0.1) is 5.92 Å². The second-order valence-corrected chi connectivity index (χ2v) is 7.58. The predicted octanol–water partition coefficient (Wildman–Crippen LogP) is 1.59. The molecule has 1 aromatic carbocycles. The van der Waals surface area contributed by atoms with Gasteiger partial charge < -0.3 is 14.7 Å². The Bertz CT molecular complexity index is 1010. The molecule has 2 aliphatic rings. The number of hydrogen-bond donors (Lipinski definition) is 0. The number of halogens is 1. The lowest BCUT2D eigenvalue weighted by molar-refractivity contribution is -0.136. The van der Waals surface area contributed by atoms with Crippen molar-refractivity contribution in [3.05, 3.63) is 60.9 Å². The van der Waals surface area contributed by atoms with Gasteiger partial charge in [-0.05, 0) is 30.3 Å². The van der Waals surface area contributed by atoms with E-state index in [9.17, 15) is 9.18 Å². The average Bonchev–Trinajstić information content (AvgIpc) is 3.29. The zero-order valence-electron chi connectivity index (χ0n) is 16.4. The summed E-state index contributed by atoms with van der Waals surface area (Å²) in [5, 5.41) is 4.19. The van der Waals surface area contributed by atoms with Gasteiger partial charge in [0.2, 0.25) is 5.91 Å². The Morgan fingerprint density at radius 1 is 0.967 bits per heavy atom. The maximum Gasteiger partial charge on any atom is 0.229 e. The van der Waals surface area contributed by atoms with Gasteiger partial charge in [-0.2, -0.15) is 5.10 Å². The SMILES string of the molecule is O=C(C1CN(c2cc(-n3cccn3)ncn2)C1)N1CCN(c2ccc(F)cc2)CC1. The van der Waals surface area contributed by atoms with Gasteiger partial charge in [-0.3, -0.25) is 4.79 Å². The minimum Gasteiger partial charge on any atom is -0.368 e. The molecule has 154 valence electrons. The predicted molar refractivity (Wildman–Crippen MR) is 110 cm³/mol. The van der Waals surface area contributed by atoms with Crippen molar-refractivity contribution in [1.82, 2.24) is 24.6 Å². The van der Waals surface area contributed by atoms with Crippen LogP contribution in [0.25, 0.3) is 5.82 Å². The number of carbonyl (C=O) groups excluding carboxylic acids is 1. The van der Waals surface area contributed by atoms with Gasteiger partial charge in [0, 0.05) is 63.4 Å². The topological polar surface area (TPSA) is 70.4 Å². The van der Waals surface area contributed by atoms with Crippen molar-refractivity contribution < 1.29 is 9.18 Å². The third kappa shape index (κ3) is 3.58. The Balaban J connectivity index is 1.15. The number of carbonyl (C=O) groups is 1. The molecule has 2 aromatic heterocycles. The van der Waals surface area contributed by atoms with E-state index in [4.69, 9.17) is 0 Å². The molecule has 0 saturated carbocycles. The van der Waals surface area contributed by atoms with Crippen molar-refractivity contribution in [3.63, 3.8) is 0 Å². The van der Waals surface area contributed by atoms with E-state index in [-0.39, 0.29) is 17.6 Å². The number of rotatable bonds is 4. The van der Waals surface area contributed by atoms with Crippen LogP contribution >= 0.6 is 0 Å². The third-order valence-corrected chi connectivity index (χ3v) is 5.72. The molecule has 0 N–H and O–H groups in total. The van der Waals surface area contributed by atoms with Crippen LogP contribution in [0.2, 0.25) is 0 Å². The lowest BCUT2D eigenvalue weighted by atomic mass is 9.98. The quantitative estimate of drug-likeness (QED) is 0.654. The van der Waals surface area contributed by atoms with E-state index in [2.05, 4.69) is 24.9 Å². The molecule has 30 heavy (non-hydrogen) atoms. The fraction of sp³-hybridized carbons (Fsp3) is 0.333. The number of amides is 1. The number of aromatic nitrogens is 4. The zero-order chi connectivity index (χ0) is 20.5. The maximum atomic E-state index is 13.1. The fourth-order valence-electron chi connectivity index (χ4n) is 3.96. The molecule has 2 aliphatic heterocycles. The number of anilines is 2. The van der Waals surface area contributed by atoms with E-state index in [0.717, 1.165) is 24.6 Å². The second-order valence-electron chi connectivity index (χ2n) is 7.58. The lowest BCUT2D eigenvalue weighted by Gasteiger charge is -2.43. The summed E-state index contributed by atoms with van der Waals surface area (Å²) in [5.74, 6) is 1.47. The van der Waals surface area contributed by atoms with Gasteiger partial charge in [0.25, 0.3) is 0 Å². The summed E-state index contributed by atoms with van der Waals surface area (Å²) in [5.41, 5.74) is 0.995. The summed E-state index contributed by atoms with van der Waals surface area (Å²) >= 11 is 0. The van der Waals surface area contributed by atoms with Crippen LogP contribution in [0.5, 0.6) is 0 Å². The Morgan fingerprint density at radius 2 is 1.70 bits per heavy atom. The van der Waals surface area contributed by atoms with Crippen molar-refractivity contribution in [2.45, 2.75) is 0 Å². The highest BCUT2D eigenvalue weighted by Gasteiger charge is 2.37. The smallest absolute Gasteiger partial charge is 0.229 e. The van der Waals surface area contributed by atoms with E-state index in [0.29, 0.717) is 32.0 Å². The molecule has 4 heterocycles. The monoisotopic (exact) mass is 407 g/mol. The molecule has 8 nitrogen and oxygen atoms in total. The molecule has 0 atom stereocenters. The summed E-state index contributed by atoms with van der Waals surface area (Å²) in [7, 11) is 0. The van der Waals surface area contributed by atoms with Gasteiger partial charge >= 0.3 is 0 Å². The molecule has 0 radical (unpaired) electrons. The molecule has 0 unspecified atom stereocenters. The summed E-state index contributed by atoms with van der Waals surface area (Å²) in [6.07, 6.45) is 5.06. The van der Waals surface area contributed by atoms with Crippen molar-refractivity contribution in [1.29, 1.82) is 0 Å². The lowest BCUT2D eigenvalue weighted by Crippen LogP contribution is -2.58. The van der Waals surface area contributed by atoms with Crippen LogP contribution in [-0.4, -0.2) is 69.8 Å². The summed E-state index contributed by atoms with van der Waals surface area (Å²) in [6.45, 7) is 4.20. The second kappa shape index (κ2) is 7.74. The Kier molecular flexibility index (Phi) is 4.78. The molecule has 9 heteroatoms. The highest BCUT2D eigenvalue weighted by atomic mass is 19.1. The molecule has 0 bridgehead atoms. The molecule has 0 spiro atoms. The van der Waals surface area contributed by atoms with Crippen LogP contribution in [0, 0.1) is 11.7 Å². The standard InChI is InChI=1S/C21H22FN7O/c22-17-2-4-18(5-3-17)26-8-10-27(11-9-26)21(30)16-13-28(14-16)19-12-20(24-15-23-19)29-7-1-6-25-29/h1-7,12,15-16H,8-11,13-14H2. The van der Waals surface area contributed by atoms with E-state index in [1.807, 2.05) is 23.2 Å². The molecular formula is C21H22FN7O. The van der Waals surface area contributed by atoms with Crippen LogP contribution in [-0.2, 0) is 4.79 Å². The van der Waals surface area contributed by atoms with Gasteiger partial charge in [-0.1, -0.05) is 0 Å². The normalized spacial score (nSPS) is 17.2. The molecular weight excluding hydrogens is 385 g/mol. The molecule has 2 saturated heterocycles. The van der Waals surface area contributed by atoms with Gasteiger partial charge in [0.1, 0.15) is 18.0 Å². The third-order valence-electron chi connectivity index (χ3n) is 5.72. The summed E-state index contributed by atoms with van der Waals surface area (Å²) < 4.78 is 14.8. The molecule has 0 aliphatic carbocycles. The number of piperazine rings is 1. The highest BCUT2D eigenvalue weighted by Crippen LogP contribution is 2.26. The first-order valence-corrected chi connectivity index (χ1v) is 10.0. The number of benzene rings is 1. The van der Waals surface area contributed by atoms with E-state index < -0.39 is 0 Å². The average molecular weight is 407 g/mol. The molecule has 3 aromatic rings. The first-order valence-electron chi connectivity index (χ1n) is 10.0. The summed E-state index contributed by atoms with van der Waals surface area (Å²) in [6, 6.07) is 10.2. The van der Waals surface area contributed by atoms with Crippen LogP contribution < -0.4 is 9.80 Å². The van der Waals surface area contributed by atoms with Gasteiger partial charge in [-0.25, -0.2) is 19.0 Å². The Morgan fingerprint density at radius 3 is 2.40 bits per heavy atom. The first-order chi connectivity index (χ1) is 14.7. The van der Waals surface area contributed by atoms with Crippen molar-refractivity contribution in [3.8, 4) is 5.82 Å². The van der Waals surface area contributed by atoms with Crippen molar-refractivity contribution in [2.75, 3.05) is 49.1 Å². The molecule has 5 rings (SSSR count). The Hall–Kier alpha value is -3.49. The number of nitrogens with zero attached hydrogens (tertiary/aromatic N) is 7. The van der Waals surface area contributed by atoms with E-state index in [1.165, 1.54) is 18.5 Å². The van der Waals surface area contributed by atoms with Crippen molar-refractivity contribution in [2.24, 2.45) is 5.92 Å². The molecule has 2 fully saturated rings. The van der Waals surface area contributed by atoms with Crippen molar-refractivity contribution >= 4 is 17.4 Å². The maximum absolute atomic E-state index is 13.1. The van der Waals surface area contributed by atoms with E-state index >= 15 is 0 Å². The van der Waals surface area contributed by atoms with Crippen LogP contribution in [0.1, 0.15) is 0 Å². The van der Waals surface area contributed by atoms with Gasteiger partial charge in [-0.15, -0.1) is 0 Å². The highest BCUT2D eigenvalue weighted by molar-refractivity contribution is 5.82. The largest absolute Gasteiger partial charge is 0.368 e. The van der Waals surface area contributed by atoms with Crippen LogP contribution in [0.4, 0.5) is 15.9 Å². The van der Waals surface area contributed by atoms with Crippen LogP contribution in [0.3, 0.4) is 0 Å². The minimum absolute atomic E-state index is 0.00881. The summed E-state index contributed by atoms with van der Waals surface area (Å²) in [4.78, 5) is 27.7. The van der Waals surface area contributed by atoms with Gasteiger partial charge in [0.15, 0.2) is 5.82 Å².